The van der Waals surface area contributed by atoms with Crippen molar-refractivity contribution < 1.29 is 84.8 Å². The number of rotatable bonds is 15. The molecule has 0 saturated heterocycles. The molecule has 15 rings (SSSR count). The zero-order valence-electron chi connectivity index (χ0n) is 59.6. The standard InChI is InChI=1S/C29H27N2.C22H22N.C21H19N2.C20H17FN.4Ir/c1-19(2)22-11-9-12-23(20(3)4)29(22)31-27-14-6-5-10-24(27)25-18-21(15-16-28(25)31)26-13-7-8-17-30-26;1-22(2,3)16-17-8-6-9-18(14-17)19-10-7-11-20(15-19)21-12-4-5-13-23-21;1-15(2)14-23-20-9-4-3-7-17(20)18-13-16(10-11-21(18)23)19-8-5-6-12-22-19;21-13-4-5-16-9-11-17(12-10-16)18-6-3-7-19(15-18)20-8-1-2-14-22-20;;;;/h5-14,16-20H,1-4H3;4-10,12-15H,16H2,1-3H3;3-9,11-13,15H,14H2,1-2H3;1-3,6,8-12,14-15H,4-5,13H2;;;;/q4*-1;;;;. The number of hydrogen-bond donors (Lipinski definition) is 0. The second kappa shape index (κ2) is 37.9. The van der Waals surface area contributed by atoms with Crippen LogP contribution in [0, 0.1) is 35.6 Å². The first-order chi connectivity index (χ1) is 48.2. The summed E-state index contributed by atoms with van der Waals surface area (Å²) in [5, 5.41) is 5.08. The first-order valence-electron chi connectivity index (χ1n) is 34.6. The maximum atomic E-state index is 12.2. The topological polar surface area (TPSA) is 61.4 Å². The minimum absolute atomic E-state index is 0. The number of aromatic nitrogens is 6. The summed E-state index contributed by atoms with van der Waals surface area (Å²) in [5.41, 5.74) is 24.5. The van der Waals surface area contributed by atoms with E-state index in [1.165, 1.54) is 82.7 Å². The van der Waals surface area contributed by atoms with Gasteiger partial charge in [0.05, 0.1) is 6.67 Å². The fraction of sp³-hybridized carbons (Fsp3) is 0.196. The largest absolute Gasteiger partial charge is 0.380 e. The molecule has 6 aromatic heterocycles. The van der Waals surface area contributed by atoms with Crippen molar-refractivity contribution in [3.63, 3.8) is 0 Å². The Bertz CT molecular complexity index is 5120. The van der Waals surface area contributed by atoms with Crippen molar-refractivity contribution in [2.45, 2.75) is 100.0 Å². The van der Waals surface area contributed by atoms with Gasteiger partial charge in [0.1, 0.15) is 0 Å². The van der Waals surface area contributed by atoms with Gasteiger partial charge in [0.2, 0.25) is 0 Å². The third-order valence-electron chi connectivity index (χ3n) is 17.7. The van der Waals surface area contributed by atoms with Crippen LogP contribution < -0.4 is 0 Å². The van der Waals surface area contributed by atoms with E-state index in [2.05, 4.69) is 273 Å². The van der Waals surface area contributed by atoms with Crippen LogP contribution in [0.5, 0.6) is 0 Å². The van der Waals surface area contributed by atoms with Gasteiger partial charge in [-0.2, -0.15) is 0 Å². The smallest absolute Gasteiger partial charge is 0.0897 e. The molecule has 0 fully saturated rings. The number of hydrogen-bond acceptors (Lipinski definition) is 4. The average molecular weight is 2060 g/mol. The molecule has 0 spiro atoms. The number of pyridine rings is 4. The van der Waals surface area contributed by atoms with Crippen LogP contribution >= 0.6 is 0 Å². The number of aryl methyl sites for hydroxylation is 1. The molecular weight excluding hydrogens is 1980 g/mol. The van der Waals surface area contributed by atoms with E-state index in [9.17, 15) is 4.39 Å². The third-order valence-corrected chi connectivity index (χ3v) is 17.7. The second-order valence-corrected chi connectivity index (χ2v) is 27.5. The Hall–Kier alpha value is -8.29. The van der Waals surface area contributed by atoms with E-state index in [0.717, 1.165) is 75.5 Å². The van der Waals surface area contributed by atoms with Crippen LogP contribution in [0.4, 0.5) is 4.39 Å². The van der Waals surface area contributed by atoms with Crippen LogP contribution in [0.3, 0.4) is 0 Å². The van der Waals surface area contributed by atoms with Gasteiger partial charge in [-0.1, -0.05) is 225 Å². The third kappa shape index (κ3) is 20.0. The maximum absolute atomic E-state index is 12.2. The molecular formula is C92H85FIr4N6-4. The van der Waals surface area contributed by atoms with Gasteiger partial charge >= 0.3 is 0 Å². The first kappa shape index (κ1) is 80.4. The molecule has 11 heteroatoms. The van der Waals surface area contributed by atoms with Crippen molar-refractivity contribution in [1.29, 1.82) is 0 Å². The minimum atomic E-state index is -0.260. The molecule has 103 heavy (non-hydrogen) atoms. The fourth-order valence-electron chi connectivity index (χ4n) is 13.1. The van der Waals surface area contributed by atoms with Crippen LogP contribution in [-0.4, -0.2) is 35.7 Å². The molecule has 530 valence electrons. The number of fused-ring (bicyclic) bond motifs is 6. The van der Waals surface area contributed by atoms with E-state index in [0.29, 0.717) is 29.6 Å². The van der Waals surface area contributed by atoms with E-state index < -0.39 is 0 Å². The van der Waals surface area contributed by atoms with Gasteiger partial charge < -0.3 is 29.1 Å². The van der Waals surface area contributed by atoms with E-state index in [1.807, 2.05) is 110 Å². The molecule has 0 unspecified atom stereocenters. The predicted octanol–water partition coefficient (Wildman–Crippen LogP) is 24.1. The quantitative estimate of drug-likeness (QED) is 0.0960. The van der Waals surface area contributed by atoms with Crippen molar-refractivity contribution >= 4 is 43.6 Å². The Labute approximate surface area is 662 Å². The number of alkyl halides is 1. The zero-order chi connectivity index (χ0) is 68.8. The molecule has 15 aromatic rings. The van der Waals surface area contributed by atoms with Gasteiger partial charge in [-0.3, -0.25) is 4.39 Å². The van der Waals surface area contributed by atoms with Crippen molar-refractivity contribution in [3.05, 3.63) is 320 Å². The predicted molar refractivity (Wildman–Crippen MR) is 413 cm³/mol. The molecule has 0 saturated carbocycles. The van der Waals surface area contributed by atoms with E-state index in [4.69, 9.17) is 0 Å². The van der Waals surface area contributed by atoms with Gasteiger partial charge in [-0.05, 0) is 157 Å². The average Bonchev–Trinajstić information content (AvgIpc) is 1.60. The Morgan fingerprint density at radius 2 is 0.825 bits per heavy atom. The van der Waals surface area contributed by atoms with Gasteiger partial charge in [0.25, 0.3) is 0 Å². The van der Waals surface area contributed by atoms with Crippen LogP contribution in [0.1, 0.15) is 103 Å². The van der Waals surface area contributed by atoms with Crippen LogP contribution in [0.15, 0.2) is 274 Å². The van der Waals surface area contributed by atoms with Gasteiger partial charge in [-0.15, -0.1) is 118 Å². The first-order valence-corrected chi connectivity index (χ1v) is 34.6. The van der Waals surface area contributed by atoms with Gasteiger partial charge in [0.15, 0.2) is 0 Å². The fourth-order valence-corrected chi connectivity index (χ4v) is 13.1. The molecule has 0 atom stereocenters. The van der Waals surface area contributed by atoms with Crippen molar-refractivity contribution in [3.8, 4) is 73.0 Å². The number of halogens is 1. The molecule has 0 aliphatic carbocycles. The molecule has 0 N–H and O–H groups in total. The van der Waals surface area contributed by atoms with Crippen LogP contribution in [-0.2, 0) is 99.8 Å². The SMILES string of the molecule is CC(C)(C)Cc1cccc(-c2cc[c-]c(-c3ccccn3)c2)c1.CC(C)Cn1c2c[c-]c(-c3ccccn3)cc2c2ccccc21.CC(C)c1cccc(C(C)C)c1-n1c2c[c-]c(-c3ccccn3)cc2c2ccccc21.FCCCc1ccc(-c2cc[c-]c(-c3ccccn3)c2)cc1.[Ir].[Ir].[Ir].[Ir]. The van der Waals surface area contributed by atoms with Crippen molar-refractivity contribution in [2.24, 2.45) is 11.3 Å². The van der Waals surface area contributed by atoms with E-state index in [1.54, 1.807) is 6.20 Å². The molecule has 9 aromatic carbocycles. The van der Waals surface area contributed by atoms with Crippen LogP contribution in [0.2, 0.25) is 0 Å². The Morgan fingerprint density at radius 3 is 1.30 bits per heavy atom. The molecule has 6 nitrogen and oxygen atoms in total. The monoisotopic (exact) mass is 2060 g/mol. The summed E-state index contributed by atoms with van der Waals surface area (Å²) in [5.74, 6) is 1.47. The number of para-hydroxylation sites is 3. The summed E-state index contributed by atoms with van der Waals surface area (Å²) < 4.78 is 17.1. The Balaban J connectivity index is 0.000000174. The van der Waals surface area contributed by atoms with E-state index in [-0.39, 0.29) is 87.1 Å². The summed E-state index contributed by atoms with van der Waals surface area (Å²) in [6, 6.07) is 99.6. The summed E-state index contributed by atoms with van der Waals surface area (Å²) >= 11 is 0. The Morgan fingerprint density at radius 1 is 0.388 bits per heavy atom. The molecule has 4 radical (unpaired) electrons. The normalized spacial score (nSPS) is 11.0. The van der Waals surface area contributed by atoms with Crippen molar-refractivity contribution in [2.75, 3.05) is 6.67 Å². The minimum Gasteiger partial charge on any atom is -0.380 e. The molecule has 0 bridgehead atoms. The summed E-state index contributed by atoms with van der Waals surface area (Å²) in [4.78, 5) is 17.8. The molecule has 0 amide bonds. The van der Waals surface area contributed by atoms with Crippen LogP contribution in [0.25, 0.3) is 117 Å². The van der Waals surface area contributed by atoms with Gasteiger partial charge in [0, 0.05) is 128 Å². The zero-order valence-corrected chi connectivity index (χ0v) is 69.2. The number of nitrogens with zero attached hydrogens (tertiary/aromatic N) is 6. The van der Waals surface area contributed by atoms with Crippen molar-refractivity contribution in [1.82, 2.24) is 29.1 Å². The molecule has 0 aliphatic heterocycles. The summed E-state index contributed by atoms with van der Waals surface area (Å²) in [6.45, 7) is 21.2. The second-order valence-electron chi connectivity index (χ2n) is 27.5. The van der Waals surface area contributed by atoms with Gasteiger partial charge in [-0.25, -0.2) is 0 Å². The Kier molecular flexibility index (Phi) is 29.6. The molecule has 0 aliphatic rings. The van der Waals surface area contributed by atoms with E-state index >= 15 is 0 Å². The molecule has 6 heterocycles. The summed E-state index contributed by atoms with van der Waals surface area (Å²) in [6.07, 6.45) is 9.73. The summed E-state index contributed by atoms with van der Waals surface area (Å²) in [7, 11) is 0. The maximum Gasteiger partial charge on any atom is 0.0897 e. The number of benzene rings is 9.